The van der Waals surface area contributed by atoms with Gasteiger partial charge in [0.15, 0.2) is 0 Å². The van der Waals surface area contributed by atoms with Gasteiger partial charge in [0.1, 0.15) is 0 Å². The maximum absolute atomic E-state index is 10.9. The summed E-state index contributed by atoms with van der Waals surface area (Å²) in [6.45, 7) is 4.97. The number of thiazole rings is 1. The molecule has 4 N–H and O–H groups in total. The largest absolute Gasteiger partial charge is 0.328 e. The molecule has 0 unspecified atom stereocenters. The number of hydrogen-bond acceptors (Lipinski definition) is 5. The van der Waals surface area contributed by atoms with Gasteiger partial charge in [0.25, 0.3) is 0 Å². The number of nitrogens with two attached hydrogens (primary N) is 1. The Morgan fingerprint density at radius 2 is 2.29 bits per heavy atom. The van der Waals surface area contributed by atoms with Crippen molar-refractivity contribution < 1.29 is 0 Å². The summed E-state index contributed by atoms with van der Waals surface area (Å²) in [5, 5.41) is 5.21. The number of H-pyrrole nitrogens is 1. The van der Waals surface area contributed by atoms with Crippen LogP contribution in [0.2, 0.25) is 0 Å². The Morgan fingerprint density at radius 3 is 2.94 bits per heavy atom. The molecule has 17 heavy (non-hydrogen) atoms. The number of nitrogens with one attached hydrogen (secondary N) is 2. The summed E-state index contributed by atoms with van der Waals surface area (Å²) in [6, 6.07) is 0.398. The van der Waals surface area contributed by atoms with Gasteiger partial charge in [0.05, 0.1) is 0 Å². The van der Waals surface area contributed by atoms with Crippen LogP contribution in [0.4, 0.5) is 0 Å². The molecule has 1 saturated heterocycles. The third-order valence-corrected chi connectivity index (χ3v) is 3.84. The predicted molar refractivity (Wildman–Crippen MR) is 70.3 cm³/mol. The van der Waals surface area contributed by atoms with Crippen molar-refractivity contribution in [3.05, 3.63) is 20.7 Å². The van der Waals surface area contributed by atoms with Crippen molar-refractivity contribution in [2.45, 2.75) is 25.4 Å². The Balaban J connectivity index is 1.58. The van der Waals surface area contributed by atoms with E-state index < -0.39 is 0 Å². The average molecular weight is 256 g/mol. The molecular weight excluding hydrogens is 236 g/mol. The van der Waals surface area contributed by atoms with Crippen LogP contribution < -0.4 is 15.9 Å². The van der Waals surface area contributed by atoms with E-state index in [2.05, 4.69) is 15.2 Å². The summed E-state index contributed by atoms with van der Waals surface area (Å²) < 4.78 is 0. The van der Waals surface area contributed by atoms with Gasteiger partial charge in [-0.1, -0.05) is 11.3 Å². The number of piperidine rings is 1. The Bertz CT molecular complexity index is 381. The van der Waals surface area contributed by atoms with Crippen molar-refractivity contribution in [1.29, 1.82) is 0 Å². The van der Waals surface area contributed by atoms with Crippen LogP contribution in [0.3, 0.4) is 0 Å². The Morgan fingerprint density at radius 1 is 1.53 bits per heavy atom. The van der Waals surface area contributed by atoms with Crippen molar-refractivity contribution in [3.63, 3.8) is 0 Å². The minimum absolute atomic E-state index is 0.0202. The highest BCUT2D eigenvalue weighted by Gasteiger charge is 2.14. The van der Waals surface area contributed by atoms with Crippen LogP contribution in [-0.4, -0.2) is 42.1 Å². The van der Waals surface area contributed by atoms with Crippen LogP contribution in [0, 0.1) is 0 Å². The highest BCUT2D eigenvalue weighted by molar-refractivity contribution is 7.07. The molecule has 96 valence electrons. The van der Waals surface area contributed by atoms with Gasteiger partial charge in [-0.15, -0.1) is 0 Å². The highest BCUT2D eigenvalue weighted by atomic mass is 32.1. The molecule has 0 aliphatic carbocycles. The first kappa shape index (κ1) is 12.8. The molecule has 0 bridgehead atoms. The van der Waals surface area contributed by atoms with Gasteiger partial charge in [-0.25, -0.2) is 0 Å². The van der Waals surface area contributed by atoms with E-state index in [1.165, 1.54) is 11.3 Å². The third-order valence-electron chi connectivity index (χ3n) is 3.12. The zero-order valence-electron chi connectivity index (χ0n) is 9.95. The fourth-order valence-corrected chi connectivity index (χ4v) is 2.62. The maximum Gasteiger partial charge on any atom is 0.304 e. The lowest BCUT2D eigenvalue weighted by atomic mass is 10.1. The SMILES string of the molecule is NC1CCN(CCNCc2csc(=O)[nH]2)CC1. The van der Waals surface area contributed by atoms with Gasteiger partial charge in [0.2, 0.25) is 0 Å². The summed E-state index contributed by atoms with van der Waals surface area (Å²) in [5.74, 6) is 0. The lowest BCUT2D eigenvalue weighted by Crippen LogP contribution is -2.42. The standard InChI is InChI=1S/C11H20N4OS/c12-9-1-4-15(5-2-9)6-3-13-7-10-8-17-11(16)14-10/h8-9,13H,1-7,12H2,(H,14,16). The molecule has 2 heterocycles. The zero-order valence-corrected chi connectivity index (χ0v) is 10.8. The Kier molecular flexibility index (Phi) is 4.73. The number of likely N-dealkylation sites (tertiary alicyclic amines) is 1. The van der Waals surface area contributed by atoms with Gasteiger partial charge < -0.3 is 20.9 Å². The van der Waals surface area contributed by atoms with Gasteiger partial charge in [-0.3, -0.25) is 4.79 Å². The molecule has 1 aliphatic heterocycles. The molecular formula is C11H20N4OS. The van der Waals surface area contributed by atoms with E-state index in [0.717, 1.165) is 51.3 Å². The second-order valence-corrected chi connectivity index (χ2v) is 5.37. The van der Waals surface area contributed by atoms with E-state index in [1.54, 1.807) is 0 Å². The van der Waals surface area contributed by atoms with Crippen molar-refractivity contribution in [2.75, 3.05) is 26.2 Å². The number of aromatic nitrogens is 1. The summed E-state index contributed by atoms with van der Waals surface area (Å²) >= 11 is 1.22. The zero-order chi connectivity index (χ0) is 12.1. The van der Waals surface area contributed by atoms with Crippen LogP contribution in [0.15, 0.2) is 10.2 Å². The molecule has 1 aliphatic rings. The van der Waals surface area contributed by atoms with Crippen molar-refractivity contribution in [3.8, 4) is 0 Å². The number of hydrogen-bond donors (Lipinski definition) is 3. The van der Waals surface area contributed by atoms with Crippen LogP contribution in [-0.2, 0) is 6.54 Å². The third kappa shape index (κ3) is 4.23. The quantitative estimate of drug-likeness (QED) is 0.646. The van der Waals surface area contributed by atoms with Gasteiger partial charge in [-0.05, 0) is 25.9 Å². The van der Waals surface area contributed by atoms with E-state index in [1.807, 2.05) is 5.38 Å². The summed E-state index contributed by atoms with van der Waals surface area (Å²) in [5.41, 5.74) is 6.83. The fourth-order valence-electron chi connectivity index (χ4n) is 2.04. The lowest BCUT2D eigenvalue weighted by Gasteiger charge is -2.29. The van der Waals surface area contributed by atoms with Crippen LogP contribution >= 0.6 is 11.3 Å². The minimum atomic E-state index is 0.0202. The van der Waals surface area contributed by atoms with E-state index >= 15 is 0 Å². The molecule has 2 rings (SSSR count). The maximum atomic E-state index is 10.9. The second-order valence-electron chi connectivity index (χ2n) is 4.53. The van der Waals surface area contributed by atoms with Crippen molar-refractivity contribution in [2.24, 2.45) is 5.73 Å². The first-order chi connectivity index (χ1) is 8.24. The number of aromatic amines is 1. The van der Waals surface area contributed by atoms with Gasteiger partial charge in [-0.2, -0.15) is 0 Å². The summed E-state index contributed by atoms with van der Waals surface area (Å²) in [6.07, 6.45) is 2.22. The molecule has 0 aromatic carbocycles. The molecule has 5 nitrogen and oxygen atoms in total. The highest BCUT2D eigenvalue weighted by Crippen LogP contribution is 2.06. The van der Waals surface area contributed by atoms with E-state index in [9.17, 15) is 4.79 Å². The minimum Gasteiger partial charge on any atom is -0.328 e. The van der Waals surface area contributed by atoms with E-state index in [4.69, 9.17) is 5.73 Å². The molecule has 1 fully saturated rings. The van der Waals surface area contributed by atoms with Crippen molar-refractivity contribution in [1.82, 2.24) is 15.2 Å². The van der Waals surface area contributed by atoms with Crippen molar-refractivity contribution >= 4 is 11.3 Å². The Hall–Kier alpha value is -0.690. The monoisotopic (exact) mass is 256 g/mol. The Labute approximate surface area is 105 Å². The average Bonchev–Trinajstić information content (AvgIpc) is 2.73. The lowest BCUT2D eigenvalue weighted by molar-refractivity contribution is 0.213. The second kappa shape index (κ2) is 6.30. The fraction of sp³-hybridized carbons (Fsp3) is 0.727. The molecule has 0 saturated carbocycles. The topological polar surface area (TPSA) is 74.2 Å². The van der Waals surface area contributed by atoms with Crippen LogP contribution in [0.1, 0.15) is 18.5 Å². The molecule has 6 heteroatoms. The number of rotatable bonds is 5. The first-order valence-electron chi connectivity index (χ1n) is 6.09. The molecule has 0 atom stereocenters. The molecule has 1 aromatic rings. The molecule has 0 amide bonds. The predicted octanol–water partition coefficient (Wildman–Crippen LogP) is -0.0509. The van der Waals surface area contributed by atoms with E-state index in [0.29, 0.717) is 6.04 Å². The normalized spacial score (nSPS) is 18.6. The van der Waals surface area contributed by atoms with Crippen LogP contribution in [0.25, 0.3) is 0 Å². The number of nitrogens with zero attached hydrogens (tertiary/aromatic N) is 1. The summed E-state index contributed by atoms with van der Waals surface area (Å²) in [7, 11) is 0. The first-order valence-corrected chi connectivity index (χ1v) is 6.97. The van der Waals surface area contributed by atoms with Gasteiger partial charge >= 0.3 is 4.87 Å². The van der Waals surface area contributed by atoms with E-state index in [-0.39, 0.29) is 4.87 Å². The summed E-state index contributed by atoms with van der Waals surface area (Å²) in [4.78, 5) is 16.2. The van der Waals surface area contributed by atoms with Gasteiger partial charge in [0, 0.05) is 36.8 Å². The molecule has 0 spiro atoms. The molecule has 0 radical (unpaired) electrons. The smallest absolute Gasteiger partial charge is 0.304 e. The molecule has 1 aromatic heterocycles. The van der Waals surface area contributed by atoms with Crippen LogP contribution in [0.5, 0.6) is 0 Å².